The van der Waals surface area contributed by atoms with E-state index in [4.69, 9.17) is 15.5 Å². The lowest BCUT2D eigenvalue weighted by atomic mass is 9.72. The van der Waals surface area contributed by atoms with Gasteiger partial charge < -0.3 is 10.5 Å². The molecule has 0 amide bonds. The number of aromatic nitrogens is 2. The standard InChI is InChI=1S/C40H30FN3O/c1-40(2)32-12-8-11-31(37(32)45-38-33(42)24-23-30(36(38)40)25-19-21-28(41)22-20-25)26-15-17-27(18-16-26)39-43-34-13-6-7-14-35(34)44(39)29-9-4-3-5-10-29/h3-24H,42H2,1-2H3. The third-order valence-corrected chi connectivity index (χ3v) is 8.89. The third kappa shape index (κ3) is 4.31. The van der Waals surface area contributed by atoms with Crippen LogP contribution in [0.15, 0.2) is 133 Å². The third-order valence-electron chi connectivity index (χ3n) is 8.89. The number of nitrogen functional groups attached to an aromatic ring is 1. The normalized spacial score (nSPS) is 13.2. The summed E-state index contributed by atoms with van der Waals surface area (Å²) in [5, 5.41) is 0. The van der Waals surface area contributed by atoms with Crippen molar-refractivity contribution in [2.75, 3.05) is 5.73 Å². The van der Waals surface area contributed by atoms with Crippen LogP contribution in [0.3, 0.4) is 0 Å². The van der Waals surface area contributed by atoms with E-state index < -0.39 is 5.41 Å². The molecular weight excluding hydrogens is 557 g/mol. The van der Waals surface area contributed by atoms with Crippen LogP contribution in [-0.4, -0.2) is 9.55 Å². The number of benzene rings is 6. The second-order valence-corrected chi connectivity index (χ2v) is 12.0. The number of ether oxygens (including phenoxy) is 1. The molecule has 2 heterocycles. The SMILES string of the molecule is CC1(C)c2cccc(-c3ccc(-c4nc5ccccc5n4-c4ccccc4)cc3)c2Oc2c(N)ccc(-c3ccc(F)cc3)c21. The van der Waals surface area contributed by atoms with Gasteiger partial charge in [0.05, 0.1) is 16.7 Å². The van der Waals surface area contributed by atoms with Crippen molar-refractivity contribution in [3.63, 3.8) is 0 Å². The lowest BCUT2D eigenvalue weighted by Gasteiger charge is -2.37. The zero-order valence-corrected chi connectivity index (χ0v) is 25.0. The largest absolute Gasteiger partial charge is 0.454 e. The van der Waals surface area contributed by atoms with Crippen LogP contribution >= 0.6 is 0 Å². The van der Waals surface area contributed by atoms with Gasteiger partial charge in [-0.15, -0.1) is 0 Å². The Labute approximate surface area is 261 Å². The van der Waals surface area contributed by atoms with Crippen LogP contribution in [-0.2, 0) is 5.41 Å². The summed E-state index contributed by atoms with van der Waals surface area (Å²) in [6.45, 7) is 4.39. The number of hydrogen-bond donors (Lipinski definition) is 1. The second kappa shape index (κ2) is 10.2. The van der Waals surface area contributed by atoms with Gasteiger partial charge in [-0.2, -0.15) is 0 Å². The van der Waals surface area contributed by atoms with Crippen molar-refractivity contribution in [2.45, 2.75) is 19.3 Å². The van der Waals surface area contributed by atoms with Crippen molar-refractivity contribution in [2.24, 2.45) is 0 Å². The smallest absolute Gasteiger partial charge is 0.155 e. The Morgan fingerprint density at radius 1 is 0.644 bits per heavy atom. The van der Waals surface area contributed by atoms with Gasteiger partial charge in [-0.3, -0.25) is 4.57 Å². The van der Waals surface area contributed by atoms with Gasteiger partial charge in [0, 0.05) is 33.4 Å². The molecular formula is C40H30FN3O. The summed E-state index contributed by atoms with van der Waals surface area (Å²) in [6.07, 6.45) is 0. The van der Waals surface area contributed by atoms with Gasteiger partial charge in [0.15, 0.2) is 5.75 Å². The predicted octanol–water partition coefficient (Wildman–Crippen LogP) is 10.2. The molecule has 0 bridgehead atoms. The van der Waals surface area contributed by atoms with Crippen LogP contribution in [0.25, 0.3) is 50.4 Å². The lowest BCUT2D eigenvalue weighted by Crippen LogP contribution is -2.26. The van der Waals surface area contributed by atoms with Gasteiger partial charge in [-0.1, -0.05) is 105 Å². The summed E-state index contributed by atoms with van der Waals surface area (Å²) in [5.41, 5.74) is 16.8. The molecule has 6 aromatic carbocycles. The molecule has 8 rings (SSSR count). The monoisotopic (exact) mass is 587 g/mol. The first kappa shape index (κ1) is 26.9. The molecule has 0 aliphatic carbocycles. The average Bonchev–Trinajstić information content (AvgIpc) is 3.46. The van der Waals surface area contributed by atoms with Crippen molar-refractivity contribution < 1.29 is 9.13 Å². The fraction of sp³-hybridized carbons (Fsp3) is 0.0750. The first-order chi connectivity index (χ1) is 21.9. The summed E-state index contributed by atoms with van der Waals surface area (Å²) < 4.78 is 22.7. The highest BCUT2D eigenvalue weighted by molar-refractivity contribution is 5.86. The second-order valence-electron chi connectivity index (χ2n) is 12.0. The fourth-order valence-electron chi connectivity index (χ4n) is 6.66. The first-order valence-electron chi connectivity index (χ1n) is 15.0. The van der Waals surface area contributed by atoms with E-state index in [9.17, 15) is 4.39 Å². The fourth-order valence-corrected chi connectivity index (χ4v) is 6.66. The van der Waals surface area contributed by atoms with Crippen molar-refractivity contribution >= 4 is 16.7 Å². The summed E-state index contributed by atoms with van der Waals surface area (Å²) >= 11 is 0. The number of nitrogens with two attached hydrogens (primary N) is 1. The van der Waals surface area contributed by atoms with E-state index in [1.807, 2.05) is 48.5 Å². The Hall–Kier alpha value is -5.68. The Morgan fingerprint density at radius 2 is 1.31 bits per heavy atom. The number of fused-ring (bicyclic) bond motifs is 3. The van der Waals surface area contributed by atoms with Crippen LogP contribution in [0.4, 0.5) is 10.1 Å². The lowest BCUT2D eigenvalue weighted by molar-refractivity contribution is 0.422. The maximum absolute atomic E-state index is 13.8. The van der Waals surface area contributed by atoms with Gasteiger partial charge in [0.1, 0.15) is 17.4 Å². The number of para-hydroxylation sites is 4. The molecule has 2 N–H and O–H groups in total. The molecule has 0 spiro atoms. The van der Waals surface area contributed by atoms with E-state index in [2.05, 4.69) is 79.1 Å². The van der Waals surface area contributed by atoms with E-state index in [0.29, 0.717) is 11.4 Å². The molecule has 0 saturated heterocycles. The molecule has 0 saturated carbocycles. The van der Waals surface area contributed by atoms with Gasteiger partial charge in [-0.25, -0.2) is 9.37 Å². The minimum absolute atomic E-state index is 0.267. The van der Waals surface area contributed by atoms with Crippen LogP contribution in [0.2, 0.25) is 0 Å². The van der Waals surface area contributed by atoms with E-state index in [1.165, 1.54) is 12.1 Å². The number of anilines is 1. The average molecular weight is 588 g/mol. The van der Waals surface area contributed by atoms with E-state index in [-0.39, 0.29) is 5.82 Å². The maximum atomic E-state index is 13.8. The molecule has 0 radical (unpaired) electrons. The summed E-state index contributed by atoms with van der Waals surface area (Å²) in [5.74, 6) is 2.06. The molecule has 0 atom stereocenters. The summed E-state index contributed by atoms with van der Waals surface area (Å²) in [7, 11) is 0. The molecule has 0 unspecified atom stereocenters. The van der Waals surface area contributed by atoms with Gasteiger partial charge in [0.25, 0.3) is 0 Å². The highest BCUT2D eigenvalue weighted by Gasteiger charge is 2.38. The molecule has 0 fully saturated rings. The maximum Gasteiger partial charge on any atom is 0.155 e. The Morgan fingerprint density at radius 3 is 2.09 bits per heavy atom. The topological polar surface area (TPSA) is 53.1 Å². The predicted molar refractivity (Wildman–Crippen MR) is 180 cm³/mol. The zero-order chi connectivity index (χ0) is 30.7. The molecule has 7 aromatic rings. The summed E-state index contributed by atoms with van der Waals surface area (Å²) in [4.78, 5) is 5.03. The van der Waals surface area contributed by atoms with E-state index >= 15 is 0 Å². The number of imidazole rings is 1. The Bertz CT molecular complexity index is 2220. The molecule has 218 valence electrons. The van der Waals surface area contributed by atoms with Crippen LogP contribution in [0.1, 0.15) is 25.0 Å². The minimum Gasteiger partial charge on any atom is -0.454 e. The molecule has 5 heteroatoms. The first-order valence-corrected chi connectivity index (χ1v) is 15.0. The Balaban J connectivity index is 1.23. The molecule has 4 nitrogen and oxygen atoms in total. The van der Waals surface area contributed by atoms with Crippen LogP contribution in [0.5, 0.6) is 11.5 Å². The van der Waals surface area contributed by atoms with E-state index in [0.717, 1.165) is 67.2 Å². The molecule has 1 aromatic heterocycles. The van der Waals surface area contributed by atoms with Gasteiger partial charge >= 0.3 is 0 Å². The van der Waals surface area contributed by atoms with Crippen molar-refractivity contribution in [1.29, 1.82) is 0 Å². The van der Waals surface area contributed by atoms with Crippen LogP contribution < -0.4 is 10.5 Å². The number of hydrogen-bond acceptors (Lipinski definition) is 3. The molecule has 1 aliphatic heterocycles. The van der Waals surface area contributed by atoms with Crippen molar-refractivity contribution in [1.82, 2.24) is 9.55 Å². The van der Waals surface area contributed by atoms with Crippen molar-refractivity contribution in [3.8, 4) is 50.8 Å². The number of halogens is 1. The summed E-state index contributed by atoms with van der Waals surface area (Å²) in [6, 6.07) is 43.8. The van der Waals surface area contributed by atoms with Crippen molar-refractivity contribution in [3.05, 3.63) is 150 Å². The quantitative estimate of drug-likeness (QED) is 0.209. The number of nitrogens with zero attached hydrogens (tertiary/aromatic N) is 2. The van der Waals surface area contributed by atoms with E-state index in [1.54, 1.807) is 12.1 Å². The number of rotatable bonds is 4. The highest BCUT2D eigenvalue weighted by Crippen LogP contribution is 2.55. The molecule has 45 heavy (non-hydrogen) atoms. The molecule has 1 aliphatic rings. The minimum atomic E-state index is -0.432. The van der Waals surface area contributed by atoms with Crippen LogP contribution in [0, 0.1) is 5.82 Å². The van der Waals surface area contributed by atoms with Gasteiger partial charge in [0.2, 0.25) is 0 Å². The van der Waals surface area contributed by atoms with Gasteiger partial charge in [-0.05, 0) is 59.2 Å². The highest BCUT2D eigenvalue weighted by atomic mass is 19.1. The zero-order valence-electron chi connectivity index (χ0n) is 25.0. The Kier molecular flexibility index (Phi) is 6.10.